The van der Waals surface area contributed by atoms with E-state index in [1.165, 1.54) is 4.57 Å². The molecule has 0 spiro atoms. The Balaban J connectivity index is 1.75. The molecule has 3 N–H and O–H groups in total. The minimum Gasteiger partial charge on any atom is -0.384 e. The number of fused-ring (bicyclic) bond motifs is 1. The van der Waals surface area contributed by atoms with E-state index in [2.05, 4.69) is 9.97 Å². The van der Waals surface area contributed by atoms with Crippen molar-refractivity contribution in [2.45, 2.75) is 38.0 Å². The van der Waals surface area contributed by atoms with Crippen molar-refractivity contribution in [1.29, 1.82) is 0 Å². The Kier molecular flexibility index (Phi) is 7.02. The van der Waals surface area contributed by atoms with Gasteiger partial charge in [-0.1, -0.05) is 61.2 Å². The number of benzene rings is 2. The summed E-state index contributed by atoms with van der Waals surface area (Å²) in [4.78, 5) is 57.8. The summed E-state index contributed by atoms with van der Waals surface area (Å²) >= 11 is 1.05. The summed E-state index contributed by atoms with van der Waals surface area (Å²) in [7, 11) is 0. The molecule has 0 radical (unpaired) electrons. The van der Waals surface area contributed by atoms with Crippen molar-refractivity contribution in [2.75, 3.05) is 11.5 Å². The van der Waals surface area contributed by atoms with E-state index in [0.29, 0.717) is 22.5 Å². The molecule has 1 atom stereocenters. The summed E-state index contributed by atoms with van der Waals surface area (Å²) in [6, 6.07) is 16.2. The maximum Gasteiger partial charge on any atom is 0.329 e. The number of aromatic amines is 1. The standard InChI is InChI=1S/C25H25N5O4S/c1-3-13-29-21(26)20(22(32)28-24(29)34)19(31)14-35-25-27-18-12-8-7-11-17(18)23(33)30(25)15(2)16-9-5-4-6-10-16/h4-12,15H,3,13-14,26H2,1-2H3,(H,28,32,34)/t15-/m0/s1. The molecule has 0 saturated heterocycles. The fourth-order valence-corrected chi connectivity index (χ4v) is 4.90. The summed E-state index contributed by atoms with van der Waals surface area (Å²) in [5, 5.41) is 0.813. The van der Waals surface area contributed by atoms with Crippen LogP contribution < -0.4 is 22.5 Å². The van der Waals surface area contributed by atoms with Crippen molar-refractivity contribution in [3.8, 4) is 0 Å². The number of ketones is 1. The van der Waals surface area contributed by atoms with Crippen molar-refractivity contribution in [1.82, 2.24) is 19.1 Å². The highest BCUT2D eigenvalue weighted by Crippen LogP contribution is 2.25. The smallest absolute Gasteiger partial charge is 0.329 e. The van der Waals surface area contributed by atoms with Crippen LogP contribution in [0.2, 0.25) is 0 Å². The van der Waals surface area contributed by atoms with Crippen LogP contribution in [0.25, 0.3) is 10.9 Å². The van der Waals surface area contributed by atoms with Crippen LogP contribution in [0.3, 0.4) is 0 Å². The number of para-hydroxylation sites is 1. The zero-order valence-electron chi connectivity index (χ0n) is 19.4. The van der Waals surface area contributed by atoms with Crippen LogP contribution in [-0.2, 0) is 6.54 Å². The normalized spacial score (nSPS) is 12.1. The minimum atomic E-state index is -0.827. The van der Waals surface area contributed by atoms with Gasteiger partial charge in [0.05, 0.1) is 22.7 Å². The fourth-order valence-electron chi connectivity index (χ4n) is 3.95. The Bertz CT molecular complexity index is 1570. The summed E-state index contributed by atoms with van der Waals surface area (Å²) in [6.07, 6.45) is 0.600. The van der Waals surface area contributed by atoms with E-state index in [1.54, 1.807) is 28.8 Å². The number of nitrogens with one attached hydrogen (secondary N) is 1. The highest BCUT2D eigenvalue weighted by molar-refractivity contribution is 7.99. The third-order valence-electron chi connectivity index (χ3n) is 5.74. The Morgan fingerprint density at radius 1 is 1.09 bits per heavy atom. The predicted octanol–water partition coefficient (Wildman–Crippen LogP) is 2.82. The number of H-pyrrole nitrogens is 1. The summed E-state index contributed by atoms with van der Waals surface area (Å²) in [5.74, 6) is -0.906. The van der Waals surface area contributed by atoms with E-state index >= 15 is 0 Å². The molecule has 0 bridgehead atoms. The Morgan fingerprint density at radius 3 is 2.49 bits per heavy atom. The van der Waals surface area contributed by atoms with Crippen LogP contribution in [-0.4, -0.2) is 30.6 Å². The van der Waals surface area contributed by atoms with Gasteiger partial charge in [-0.25, -0.2) is 9.78 Å². The van der Waals surface area contributed by atoms with E-state index in [-0.39, 0.29) is 35.3 Å². The van der Waals surface area contributed by atoms with Crippen LogP contribution in [0.15, 0.2) is 74.1 Å². The molecule has 0 aliphatic heterocycles. The molecule has 4 rings (SSSR count). The van der Waals surface area contributed by atoms with E-state index in [1.807, 2.05) is 44.2 Å². The number of nitrogens with two attached hydrogens (primary N) is 1. The lowest BCUT2D eigenvalue weighted by molar-refractivity contribution is 0.102. The van der Waals surface area contributed by atoms with Gasteiger partial charge < -0.3 is 5.73 Å². The molecule has 4 aromatic rings. The lowest BCUT2D eigenvalue weighted by atomic mass is 10.1. The van der Waals surface area contributed by atoms with Crippen LogP contribution in [0, 0.1) is 0 Å². The largest absolute Gasteiger partial charge is 0.384 e. The molecule has 2 heterocycles. The third-order valence-corrected chi connectivity index (χ3v) is 6.70. The maximum atomic E-state index is 13.5. The quantitative estimate of drug-likeness (QED) is 0.220. The zero-order chi connectivity index (χ0) is 25.1. The van der Waals surface area contributed by atoms with Gasteiger partial charge in [-0.15, -0.1) is 0 Å². The molecule has 180 valence electrons. The van der Waals surface area contributed by atoms with E-state index in [9.17, 15) is 19.2 Å². The fraction of sp³-hybridized carbons (Fsp3) is 0.240. The van der Waals surface area contributed by atoms with Crippen molar-refractivity contribution < 1.29 is 4.79 Å². The number of Topliss-reactive ketones (excluding diaryl/α,β-unsaturated/α-hetero) is 1. The molecule has 2 aromatic heterocycles. The number of hydrogen-bond acceptors (Lipinski definition) is 7. The van der Waals surface area contributed by atoms with Gasteiger partial charge in [-0.05, 0) is 31.0 Å². The average molecular weight is 492 g/mol. The Morgan fingerprint density at radius 2 is 1.77 bits per heavy atom. The van der Waals surface area contributed by atoms with Gasteiger partial charge in [-0.3, -0.25) is 28.5 Å². The number of hydrogen-bond donors (Lipinski definition) is 2. The van der Waals surface area contributed by atoms with E-state index in [0.717, 1.165) is 17.3 Å². The van der Waals surface area contributed by atoms with Crippen LogP contribution in [0.1, 0.15) is 42.2 Å². The SMILES string of the molecule is CCCn1c(N)c(C(=O)CSc2nc3ccccc3c(=O)n2[C@@H](C)c2ccccc2)c(=O)[nH]c1=O. The monoisotopic (exact) mass is 491 g/mol. The maximum absolute atomic E-state index is 13.5. The molecule has 35 heavy (non-hydrogen) atoms. The van der Waals surface area contributed by atoms with Crippen molar-refractivity contribution in [2.24, 2.45) is 0 Å². The van der Waals surface area contributed by atoms with Crippen molar-refractivity contribution in [3.63, 3.8) is 0 Å². The van der Waals surface area contributed by atoms with Gasteiger partial charge in [-0.2, -0.15) is 0 Å². The lowest BCUT2D eigenvalue weighted by Crippen LogP contribution is -2.36. The van der Waals surface area contributed by atoms with Crippen molar-refractivity contribution >= 4 is 34.3 Å². The minimum absolute atomic E-state index is 0.160. The average Bonchev–Trinajstić information content (AvgIpc) is 2.85. The number of thioether (sulfide) groups is 1. The van der Waals surface area contributed by atoms with Gasteiger partial charge in [0.2, 0.25) is 0 Å². The molecule has 9 nitrogen and oxygen atoms in total. The Hall–Kier alpha value is -3.92. The first kappa shape index (κ1) is 24.2. The van der Waals surface area contributed by atoms with E-state index in [4.69, 9.17) is 5.73 Å². The predicted molar refractivity (Wildman–Crippen MR) is 137 cm³/mol. The second-order valence-corrected chi connectivity index (χ2v) is 9.00. The Labute approximate surface area is 204 Å². The number of nitrogen functional groups attached to an aromatic ring is 1. The molecule has 0 saturated carbocycles. The summed E-state index contributed by atoms with van der Waals surface area (Å²) < 4.78 is 2.74. The molecule has 10 heteroatoms. The highest BCUT2D eigenvalue weighted by atomic mass is 32.2. The summed E-state index contributed by atoms with van der Waals surface area (Å²) in [6.45, 7) is 4.02. The third kappa shape index (κ3) is 4.69. The van der Waals surface area contributed by atoms with Gasteiger partial charge in [0.25, 0.3) is 11.1 Å². The van der Waals surface area contributed by atoms with Crippen molar-refractivity contribution in [3.05, 3.63) is 96.9 Å². The molecule has 2 aromatic carbocycles. The van der Waals surface area contributed by atoms with Gasteiger partial charge in [0.15, 0.2) is 10.9 Å². The van der Waals surface area contributed by atoms with E-state index < -0.39 is 17.0 Å². The van der Waals surface area contributed by atoms with Gasteiger partial charge in [0, 0.05) is 6.54 Å². The van der Waals surface area contributed by atoms with Crippen LogP contribution in [0.4, 0.5) is 5.82 Å². The molecular formula is C25H25N5O4S. The molecule has 0 fully saturated rings. The number of carbonyl (C=O) groups is 1. The van der Waals surface area contributed by atoms with Gasteiger partial charge in [0.1, 0.15) is 11.4 Å². The molecule has 0 aliphatic carbocycles. The second-order valence-electron chi connectivity index (χ2n) is 8.06. The topological polar surface area (TPSA) is 133 Å². The number of nitrogens with zero attached hydrogens (tertiary/aromatic N) is 3. The number of carbonyl (C=O) groups excluding carboxylic acids is 1. The molecule has 0 amide bonds. The first-order valence-corrected chi connectivity index (χ1v) is 12.2. The molecule has 0 unspecified atom stereocenters. The molecular weight excluding hydrogens is 466 g/mol. The number of anilines is 1. The van der Waals surface area contributed by atoms with Gasteiger partial charge >= 0.3 is 5.69 Å². The second kappa shape index (κ2) is 10.1. The molecule has 0 aliphatic rings. The number of aromatic nitrogens is 4. The first-order valence-electron chi connectivity index (χ1n) is 11.2. The summed E-state index contributed by atoms with van der Waals surface area (Å²) in [5.41, 5.74) is 5.48. The number of rotatable bonds is 8. The first-order chi connectivity index (χ1) is 16.8. The zero-order valence-corrected chi connectivity index (χ0v) is 20.2. The highest BCUT2D eigenvalue weighted by Gasteiger charge is 2.22. The van der Waals surface area contributed by atoms with Crippen LogP contribution >= 0.6 is 11.8 Å². The van der Waals surface area contributed by atoms with Crippen LogP contribution in [0.5, 0.6) is 0 Å². The lowest BCUT2D eigenvalue weighted by Gasteiger charge is -2.20.